The van der Waals surface area contributed by atoms with Crippen LogP contribution >= 0.6 is 0 Å². The summed E-state index contributed by atoms with van der Waals surface area (Å²) in [7, 11) is 0. The second-order valence-electron chi connectivity index (χ2n) is 3.03. The summed E-state index contributed by atoms with van der Waals surface area (Å²) in [6.45, 7) is 0. The monoisotopic (exact) mass is 191 g/mol. The summed E-state index contributed by atoms with van der Waals surface area (Å²) in [6.07, 6.45) is 0.0508. The number of aliphatic carboxylic acids is 1. The average Bonchev–Trinajstić information content (AvgIpc) is 2.60. The first-order valence-corrected chi connectivity index (χ1v) is 4.17. The third-order valence-electron chi connectivity index (χ3n) is 2.15. The molecule has 0 amide bonds. The highest BCUT2D eigenvalue weighted by atomic mass is 16.4. The fourth-order valence-electron chi connectivity index (χ4n) is 1.45. The molecule has 1 heterocycles. The quantitative estimate of drug-likeness (QED) is 0.669. The molecule has 0 spiro atoms. The van der Waals surface area contributed by atoms with Crippen molar-refractivity contribution in [3.63, 3.8) is 0 Å². The number of fused-ring (bicyclic) bond motifs is 1. The van der Waals surface area contributed by atoms with E-state index in [9.17, 15) is 9.90 Å². The van der Waals surface area contributed by atoms with E-state index in [1.165, 1.54) is 6.20 Å². The molecule has 2 aromatic rings. The number of aromatic nitrogens is 1. The lowest BCUT2D eigenvalue weighted by Gasteiger charge is -2.02. The lowest BCUT2D eigenvalue weighted by Crippen LogP contribution is -2.09. The molecule has 0 radical (unpaired) electrons. The van der Waals surface area contributed by atoms with Crippen LogP contribution in [0, 0.1) is 0 Å². The van der Waals surface area contributed by atoms with E-state index in [1.54, 1.807) is 12.1 Å². The van der Waals surface area contributed by atoms with Crippen LogP contribution in [0.5, 0.6) is 0 Å². The van der Waals surface area contributed by atoms with Gasteiger partial charge in [-0.2, -0.15) is 0 Å². The van der Waals surface area contributed by atoms with E-state index in [-0.39, 0.29) is 0 Å². The van der Waals surface area contributed by atoms with Crippen molar-refractivity contribution in [3.8, 4) is 0 Å². The zero-order valence-corrected chi connectivity index (χ0v) is 7.27. The summed E-state index contributed by atoms with van der Waals surface area (Å²) in [5, 5.41) is 18.8. The minimum Gasteiger partial charge on any atom is -0.479 e. The summed E-state index contributed by atoms with van der Waals surface area (Å²) in [5.41, 5.74) is 1.22. The van der Waals surface area contributed by atoms with E-state index in [0.717, 1.165) is 10.9 Å². The first-order chi connectivity index (χ1) is 6.70. The van der Waals surface area contributed by atoms with Crippen LogP contribution in [0.1, 0.15) is 11.7 Å². The van der Waals surface area contributed by atoms with Crippen LogP contribution in [0.25, 0.3) is 10.9 Å². The number of carboxylic acids is 1. The van der Waals surface area contributed by atoms with Crippen LogP contribution in [-0.2, 0) is 4.79 Å². The van der Waals surface area contributed by atoms with Crippen molar-refractivity contribution in [1.29, 1.82) is 0 Å². The summed E-state index contributed by atoms with van der Waals surface area (Å²) in [5.74, 6) is -1.24. The van der Waals surface area contributed by atoms with Crippen LogP contribution in [0.2, 0.25) is 0 Å². The molecule has 0 bridgehead atoms. The maximum atomic E-state index is 10.6. The lowest BCUT2D eigenvalue weighted by atomic mass is 10.1. The van der Waals surface area contributed by atoms with Gasteiger partial charge < -0.3 is 15.2 Å². The molecule has 14 heavy (non-hydrogen) atoms. The molecule has 1 unspecified atom stereocenters. The molecule has 1 aromatic heterocycles. The molecule has 0 fully saturated rings. The number of nitrogens with one attached hydrogen (secondary N) is 1. The van der Waals surface area contributed by atoms with Crippen LogP contribution in [-0.4, -0.2) is 21.2 Å². The number of aliphatic hydroxyl groups excluding tert-OH is 1. The number of benzene rings is 1. The van der Waals surface area contributed by atoms with Crippen LogP contribution < -0.4 is 0 Å². The van der Waals surface area contributed by atoms with Gasteiger partial charge in [-0.05, 0) is 6.07 Å². The van der Waals surface area contributed by atoms with Crippen molar-refractivity contribution >= 4 is 16.9 Å². The zero-order chi connectivity index (χ0) is 10.1. The Hall–Kier alpha value is -1.81. The van der Waals surface area contributed by atoms with Gasteiger partial charge in [-0.3, -0.25) is 0 Å². The Morgan fingerprint density at radius 1 is 1.36 bits per heavy atom. The van der Waals surface area contributed by atoms with E-state index in [1.807, 2.05) is 12.1 Å². The van der Waals surface area contributed by atoms with Gasteiger partial charge in [0.1, 0.15) is 0 Å². The summed E-state index contributed by atoms with van der Waals surface area (Å²) >= 11 is 0. The van der Waals surface area contributed by atoms with Gasteiger partial charge in [0, 0.05) is 22.7 Å². The van der Waals surface area contributed by atoms with E-state index >= 15 is 0 Å². The molecule has 0 aliphatic rings. The fraction of sp³-hybridized carbons (Fsp3) is 0.100. The van der Waals surface area contributed by atoms with E-state index < -0.39 is 12.1 Å². The number of aromatic amines is 1. The second kappa shape index (κ2) is 3.16. The smallest absolute Gasteiger partial charge is 0.337 e. The number of hydrogen-bond acceptors (Lipinski definition) is 2. The van der Waals surface area contributed by atoms with Gasteiger partial charge in [0.15, 0.2) is 6.10 Å². The van der Waals surface area contributed by atoms with Crippen molar-refractivity contribution in [2.45, 2.75) is 6.10 Å². The van der Waals surface area contributed by atoms with E-state index in [0.29, 0.717) is 5.56 Å². The Morgan fingerprint density at radius 3 is 2.79 bits per heavy atom. The number of hydrogen-bond donors (Lipinski definition) is 3. The molecule has 0 aliphatic carbocycles. The number of aliphatic hydroxyl groups is 1. The number of H-pyrrole nitrogens is 1. The van der Waals surface area contributed by atoms with Crippen molar-refractivity contribution in [2.24, 2.45) is 0 Å². The summed E-state index contributed by atoms with van der Waals surface area (Å²) < 4.78 is 0. The third kappa shape index (κ3) is 1.25. The minimum atomic E-state index is -1.47. The van der Waals surface area contributed by atoms with Crippen LogP contribution in [0.4, 0.5) is 0 Å². The highest BCUT2D eigenvalue weighted by Gasteiger charge is 2.19. The Balaban J connectivity index is 2.58. The molecule has 0 aliphatic heterocycles. The Labute approximate surface area is 79.8 Å². The SMILES string of the molecule is O=C(O)C(O)c1c[nH]c2ccccc12. The summed E-state index contributed by atoms with van der Waals surface area (Å²) in [6, 6.07) is 7.24. The normalized spacial score (nSPS) is 12.9. The lowest BCUT2D eigenvalue weighted by molar-refractivity contribution is -0.146. The maximum absolute atomic E-state index is 10.6. The number of carboxylic acid groups (broad SMARTS) is 1. The molecule has 4 nitrogen and oxygen atoms in total. The van der Waals surface area contributed by atoms with Gasteiger partial charge in [0.25, 0.3) is 0 Å². The van der Waals surface area contributed by atoms with Gasteiger partial charge in [-0.25, -0.2) is 4.79 Å². The number of carbonyl (C=O) groups is 1. The first-order valence-electron chi connectivity index (χ1n) is 4.17. The Morgan fingerprint density at radius 2 is 2.07 bits per heavy atom. The predicted octanol–water partition coefficient (Wildman–Crippen LogP) is 1.29. The standard InChI is InChI=1S/C10H9NO3/c12-9(10(13)14)7-5-11-8-4-2-1-3-6(7)8/h1-5,9,11-12H,(H,13,14). The highest BCUT2D eigenvalue weighted by molar-refractivity contribution is 5.88. The number of rotatable bonds is 2. The van der Waals surface area contributed by atoms with Crippen LogP contribution in [0.3, 0.4) is 0 Å². The highest BCUT2D eigenvalue weighted by Crippen LogP contribution is 2.23. The van der Waals surface area contributed by atoms with Gasteiger partial charge in [-0.1, -0.05) is 18.2 Å². The molecule has 1 atom stereocenters. The van der Waals surface area contributed by atoms with Gasteiger partial charge >= 0.3 is 5.97 Å². The van der Waals surface area contributed by atoms with Crippen molar-refractivity contribution in [1.82, 2.24) is 4.98 Å². The van der Waals surface area contributed by atoms with Gasteiger partial charge in [0.2, 0.25) is 0 Å². The third-order valence-corrected chi connectivity index (χ3v) is 2.15. The Bertz CT molecular complexity index is 475. The van der Waals surface area contributed by atoms with Crippen molar-refractivity contribution in [2.75, 3.05) is 0 Å². The molecular formula is C10H9NO3. The van der Waals surface area contributed by atoms with E-state index in [4.69, 9.17) is 5.11 Å². The van der Waals surface area contributed by atoms with Crippen LogP contribution in [0.15, 0.2) is 30.5 Å². The Kier molecular flexibility index (Phi) is 1.98. The topological polar surface area (TPSA) is 73.3 Å². The molecule has 72 valence electrons. The van der Waals surface area contributed by atoms with Gasteiger partial charge in [0.05, 0.1) is 0 Å². The average molecular weight is 191 g/mol. The second-order valence-corrected chi connectivity index (χ2v) is 3.03. The number of para-hydroxylation sites is 1. The molecule has 0 saturated heterocycles. The molecule has 0 saturated carbocycles. The predicted molar refractivity (Wildman–Crippen MR) is 50.9 cm³/mol. The maximum Gasteiger partial charge on any atom is 0.337 e. The van der Waals surface area contributed by atoms with Crippen molar-refractivity contribution in [3.05, 3.63) is 36.0 Å². The zero-order valence-electron chi connectivity index (χ0n) is 7.27. The summed E-state index contributed by atoms with van der Waals surface area (Å²) in [4.78, 5) is 13.5. The molecule has 4 heteroatoms. The molecular weight excluding hydrogens is 182 g/mol. The molecule has 1 aromatic carbocycles. The van der Waals surface area contributed by atoms with Crippen molar-refractivity contribution < 1.29 is 15.0 Å². The van der Waals surface area contributed by atoms with E-state index in [2.05, 4.69) is 4.98 Å². The van der Waals surface area contributed by atoms with Gasteiger partial charge in [-0.15, -0.1) is 0 Å². The first kappa shape index (κ1) is 8.77. The molecule has 3 N–H and O–H groups in total. The minimum absolute atomic E-state index is 0.396. The molecule has 2 rings (SSSR count). The largest absolute Gasteiger partial charge is 0.479 e. The fourth-order valence-corrected chi connectivity index (χ4v) is 1.45.